The summed E-state index contributed by atoms with van der Waals surface area (Å²) in [6.07, 6.45) is 5.49. The van der Waals surface area contributed by atoms with Crippen LogP contribution in [0.15, 0.2) is 66.0 Å². The third kappa shape index (κ3) is 7.18. The van der Waals surface area contributed by atoms with E-state index >= 15 is 0 Å². The second-order valence-electron chi connectivity index (χ2n) is 9.91. The highest BCUT2D eigenvalue weighted by atomic mass is 32.2. The smallest absolute Gasteiger partial charge is 0.407 e. The monoisotopic (exact) mass is 550 g/mol. The van der Waals surface area contributed by atoms with Crippen LogP contribution in [0.1, 0.15) is 42.9 Å². The number of alkyl carbamates (subject to hydrolysis) is 1. The van der Waals surface area contributed by atoms with Gasteiger partial charge in [-0.3, -0.25) is 9.97 Å². The molecule has 0 bridgehead atoms. The number of rotatable bonds is 11. The second-order valence-corrected chi connectivity index (χ2v) is 11.9. The van der Waals surface area contributed by atoms with E-state index in [4.69, 9.17) is 4.74 Å². The number of imidazole rings is 1. The number of likely N-dealkylation sites (N-methyl/N-ethyl adjacent to an activating group) is 1. The van der Waals surface area contributed by atoms with Crippen LogP contribution in [0.4, 0.5) is 4.79 Å². The van der Waals surface area contributed by atoms with Crippen molar-refractivity contribution in [3.05, 3.63) is 83.7 Å². The maximum atomic E-state index is 13.5. The molecular weight excluding hydrogens is 516 g/mol. The molecule has 0 saturated carbocycles. The Morgan fingerprint density at radius 2 is 1.87 bits per heavy atom. The summed E-state index contributed by atoms with van der Waals surface area (Å²) in [6.45, 7) is 6.10. The van der Waals surface area contributed by atoms with E-state index in [1.165, 1.54) is 11.4 Å². The van der Waals surface area contributed by atoms with Crippen molar-refractivity contribution in [3.63, 3.8) is 0 Å². The predicted octanol–water partition coefficient (Wildman–Crippen LogP) is 4.21. The molecule has 10 nitrogen and oxygen atoms in total. The highest BCUT2D eigenvalue weighted by Gasteiger charge is 2.29. The summed E-state index contributed by atoms with van der Waals surface area (Å²) >= 11 is 0. The van der Waals surface area contributed by atoms with Gasteiger partial charge in [0.1, 0.15) is 17.9 Å². The van der Waals surface area contributed by atoms with Crippen LogP contribution in [0.2, 0.25) is 0 Å². The van der Waals surface area contributed by atoms with Gasteiger partial charge in [-0.15, -0.1) is 0 Å². The molecule has 11 heteroatoms. The Morgan fingerprint density at radius 3 is 2.56 bits per heavy atom. The molecule has 2 N–H and O–H groups in total. The highest BCUT2D eigenvalue weighted by Crippen LogP contribution is 2.23. The molecule has 0 radical (unpaired) electrons. The summed E-state index contributed by atoms with van der Waals surface area (Å²) < 4.78 is 33.7. The molecule has 0 saturated heterocycles. The lowest BCUT2D eigenvalue weighted by molar-refractivity contribution is 0.115. The van der Waals surface area contributed by atoms with Gasteiger partial charge in [-0.25, -0.2) is 18.2 Å². The van der Waals surface area contributed by atoms with Crippen molar-refractivity contribution < 1.29 is 17.9 Å². The van der Waals surface area contributed by atoms with Crippen molar-refractivity contribution in [2.24, 2.45) is 5.92 Å². The van der Waals surface area contributed by atoms with Gasteiger partial charge >= 0.3 is 6.09 Å². The van der Waals surface area contributed by atoms with Gasteiger partial charge in [0.2, 0.25) is 10.0 Å². The van der Waals surface area contributed by atoms with E-state index in [2.05, 4.69) is 25.3 Å². The van der Waals surface area contributed by atoms with Gasteiger partial charge in [-0.2, -0.15) is 4.31 Å². The molecule has 3 heterocycles. The van der Waals surface area contributed by atoms with Crippen LogP contribution < -0.4 is 5.32 Å². The molecule has 0 aliphatic heterocycles. The number of aromatic nitrogens is 4. The molecule has 0 unspecified atom stereocenters. The minimum absolute atomic E-state index is 0.0658. The summed E-state index contributed by atoms with van der Waals surface area (Å²) in [5, 5.41) is 2.67. The molecule has 4 aromatic rings. The minimum atomic E-state index is -3.83. The maximum absolute atomic E-state index is 13.5. The first-order valence-electron chi connectivity index (χ1n) is 12.8. The number of benzene rings is 1. The maximum Gasteiger partial charge on any atom is 0.407 e. The van der Waals surface area contributed by atoms with Crippen LogP contribution in [-0.2, 0) is 27.7 Å². The lowest BCUT2D eigenvalue weighted by atomic mass is 10.0. The van der Waals surface area contributed by atoms with Gasteiger partial charge in [-0.1, -0.05) is 32.0 Å². The summed E-state index contributed by atoms with van der Waals surface area (Å²) in [7, 11) is -2.30. The number of aromatic amines is 1. The fourth-order valence-corrected chi connectivity index (χ4v) is 5.70. The van der Waals surface area contributed by atoms with Crippen LogP contribution in [0.5, 0.6) is 0 Å². The molecule has 1 amide bonds. The molecule has 4 rings (SSSR count). The van der Waals surface area contributed by atoms with E-state index in [0.29, 0.717) is 12.8 Å². The van der Waals surface area contributed by atoms with Gasteiger partial charge < -0.3 is 15.0 Å². The Labute approximate surface area is 228 Å². The van der Waals surface area contributed by atoms with E-state index < -0.39 is 22.2 Å². The number of amides is 1. The summed E-state index contributed by atoms with van der Waals surface area (Å²) in [4.78, 5) is 28.7. The van der Waals surface area contributed by atoms with Crippen LogP contribution in [0.3, 0.4) is 0 Å². The third-order valence-corrected chi connectivity index (χ3v) is 8.32. The average Bonchev–Trinajstić information content (AvgIpc) is 3.31. The second kappa shape index (κ2) is 12.4. The number of carbonyl (C=O) groups is 1. The molecule has 39 heavy (non-hydrogen) atoms. The van der Waals surface area contributed by atoms with Crippen LogP contribution in [-0.4, -0.2) is 58.4 Å². The lowest BCUT2D eigenvalue weighted by Gasteiger charge is -2.28. The molecule has 1 aromatic carbocycles. The standard InChI is InChI=1S/C28H34N6O4S/c1-19(2)14-23(18-38-28(35)31-17-22-6-5-12-29-16-22)34(4)39(36,37)24-9-7-21(8-10-24)15-26-27-25(11-13-30-26)32-20(3)33-27/h5-13,16,19,23H,14-15,17-18H2,1-4H3,(H,31,35)(H,32,33)/t23-/m0/s1. The minimum Gasteiger partial charge on any atom is -0.448 e. The topological polar surface area (TPSA) is 130 Å². The number of sulfonamides is 1. The molecule has 1 atom stereocenters. The van der Waals surface area contributed by atoms with E-state index in [1.54, 1.807) is 48.9 Å². The number of H-pyrrole nitrogens is 1. The summed E-state index contributed by atoms with van der Waals surface area (Å²) in [5.74, 6) is 1.01. The Balaban J connectivity index is 1.42. The van der Waals surface area contributed by atoms with E-state index in [1.807, 2.05) is 32.9 Å². The van der Waals surface area contributed by atoms with Gasteiger partial charge in [-0.05, 0) is 54.7 Å². The van der Waals surface area contributed by atoms with Crippen LogP contribution in [0, 0.1) is 12.8 Å². The van der Waals surface area contributed by atoms with Crippen LogP contribution >= 0.6 is 0 Å². The number of fused-ring (bicyclic) bond motifs is 1. The van der Waals surface area contributed by atoms with Crippen molar-refractivity contribution in [2.45, 2.75) is 51.1 Å². The highest BCUT2D eigenvalue weighted by molar-refractivity contribution is 7.89. The summed E-state index contributed by atoms with van der Waals surface area (Å²) in [5.41, 5.74) is 4.31. The van der Waals surface area contributed by atoms with Crippen LogP contribution in [0.25, 0.3) is 11.0 Å². The average molecular weight is 551 g/mol. The van der Waals surface area contributed by atoms with Gasteiger partial charge in [0.05, 0.1) is 22.1 Å². The van der Waals surface area contributed by atoms with E-state index in [0.717, 1.165) is 33.7 Å². The fraction of sp³-hybridized carbons (Fsp3) is 0.357. The third-order valence-electron chi connectivity index (χ3n) is 6.39. The van der Waals surface area contributed by atoms with Crippen molar-refractivity contribution in [1.29, 1.82) is 0 Å². The van der Waals surface area contributed by atoms with Crippen molar-refractivity contribution in [3.8, 4) is 0 Å². The first-order valence-corrected chi connectivity index (χ1v) is 14.2. The summed E-state index contributed by atoms with van der Waals surface area (Å²) in [6, 6.07) is 11.8. The van der Waals surface area contributed by atoms with Gasteiger partial charge in [0.25, 0.3) is 0 Å². The first-order chi connectivity index (χ1) is 18.6. The predicted molar refractivity (Wildman–Crippen MR) is 148 cm³/mol. The number of hydrogen-bond donors (Lipinski definition) is 2. The van der Waals surface area contributed by atoms with E-state index in [-0.39, 0.29) is 24.0 Å². The SMILES string of the molecule is Cc1nc2c(Cc3ccc(S(=O)(=O)N(C)[C@H](COC(=O)NCc4cccnc4)CC(C)C)cc3)nccc2[nH]1. The lowest BCUT2D eigenvalue weighted by Crippen LogP contribution is -2.42. The number of nitrogens with one attached hydrogen (secondary N) is 2. The largest absolute Gasteiger partial charge is 0.448 e. The zero-order valence-electron chi connectivity index (χ0n) is 22.6. The van der Waals surface area contributed by atoms with Crippen molar-refractivity contribution in [2.75, 3.05) is 13.7 Å². The molecule has 0 spiro atoms. The van der Waals surface area contributed by atoms with Gasteiger partial charge in [0, 0.05) is 38.6 Å². The van der Waals surface area contributed by atoms with E-state index in [9.17, 15) is 13.2 Å². The number of nitrogens with zero attached hydrogens (tertiary/aromatic N) is 4. The number of ether oxygens (including phenoxy) is 1. The normalized spacial score (nSPS) is 12.7. The van der Waals surface area contributed by atoms with Crippen molar-refractivity contribution >= 4 is 27.1 Å². The molecule has 0 aliphatic rings. The van der Waals surface area contributed by atoms with Gasteiger partial charge in [0.15, 0.2) is 0 Å². The first kappa shape index (κ1) is 28.2. The number of aryl methyl sites for hydroxylation is 1. The molecule has 0 aliphatic carbocycles. The van der Waals surface area contributed by atoms with Crippen molar-refractivity contribution in [1.82, 2.24) is 29.6 Å². The molecule has 0 fully saturated rings. The molecule has 3 aromatic heterocycles. The fourth-order valence-electron chi connectivity index (χ4n) is 4.34. The quantitative estimate of drug-likeness (QED) is 0.286. The number of hydrogen-bond acceptors (Lipinski definition) is 7. The zero-order chi connectivity index (χ0) is 28.0. The zero-order valence-corrected chi connectivity index (χ0v) is 23.4. The Kier molecular flexibility index (Phi) is 8.93. The number of pyridine rings is 2. The Bertz CT molecular complexity index is 1500. The Morgan fingerprint density at radius 1 is 1.10 bits per heavy atom. The number of carbonyl (C=O) groups excluding carboxylic acids is 1. The molecule has 206 valence electrons. The molecular formula is C28H34N6O4S. The Hall–Kier alpha value is -3.83.